The normalized spacial score (nSPS) is 10.4. The molecule has 0 fully saturated rings. The maximum absolute atomic E-state index is 13.1. The number of benzene rings is 1. The second-order valence-electron chi connectivity index (χ2n) is 4.91. The summed E-state index contributed by atoms with van der Waals surface area (Å²) in [4.78, 5) is 5.19. The topological polar surface area (TPSA) is 39.6 Å². The minimum atomic E-state index is -0.288. The van der Waals surface area contributed by atoms with Crippen LogP contribution in [-0.4, -0.2) is 4.98 Å². The summed E-state index contributed by atoms with van der Waals surface area (Å²) in [6.45, 7) is 2.03. The molecule has 0 spiro atoms. The van der Waals surface area contributed by atoms with Crippen LogP contribution in [0.4, 0.5) is 4.39 Å². The van der Waals surface area contributed by atoms with Crippen LogP contribution in [0.1, 0.15) is 10.4 Å². The number of aromatic nitrogens is 1. The number of pyridine rings is 1. The molecule has 3 rings (SSSR count). The van der Waals surface area contributed by atoms with E-state index in [1.807, 2.05) is 25.1 Å². The molecule has 2 N–H and O–H groups in total. The Bertz CT molecular complexity index is 927. The van der Waals surface area contributed by atoms with E-state index in [-0.39, 0.29) is 11.3 Å². The minimum Gasteiger partial charge on any atom is -0.339 e. The molecule has 2 nitrogen and oxygen atoms in total. The number of thiophene rings is 1. The summed E-state index contributed by atoms with van der Waals surface area (Å²) >= 11 is 1.63. The predicted molar refractivity (Wildman–Crippen MR) is 88.0 cm³/mol. The van der Waals surface area contributed by atoms with E-state index in [0.717, 1.165) is 21.7 Å². The van der Waals surface area contributed by atoms with Crippen LogP contribution in [0.15, 0.2) is 42.5 Å². The molecule has 2 heterocycles. The van der Waals surface area contributed by atoms with Gasteiger partial charge in [0.15, 0.2) is 0 Å². The van der Waals surface area contributed by atoms with Gasteiger partial charge in [0.2, 0.25) is 0 Å². The number of H-pyrrole nitrogens is 1. The van der Waals surface area contributed by atoms with Gasteiger partial charge in [0.25, 0.3) is 0 Å². The van der Waals surface area contributed by atoms with E-state index in [0.29, 0.717) is 5.56 Å². The van der Waals surface area contributed by atoms with Crippen molar-refractivity contribution in [2.24, 2.45) is 0 Å². The smallest absolute Gasteiger partial charge is 0.139 e. The molecule has 0 amide bonds. The molecule has 0 aliphatic rings. The molecule has 3 aromatic rings. The van der Waals surface area contributed by atoms with E-state index < -0.39 is 0 Å². The minimum absolute atomic E-state index is 0.186. The molecular weight excluding hydrogens is 295 g/mol. The lowest BCUT2D eigenvalue weighted by Crippen LogP contribution is -2.12. The molecule has 0 radical (unpaired) electrons. The van der Waals surface area contributed by atoms with E-state index in [1.54, 1.807) is 23.5 Å². The predicted octanol–water partition coefficient (Wildman–Crippen LogP) is 4.32. The van der Waals surface area contributed by atoms with Crippen molar-refractivity contribution in [3.63, 3.8) is 0 Å². The Labute approximate surface area is 131 Å². The monoisotopic (exact) mass is 308 g/mol. The first kappa shape index (κ1) is 14.3. The van der Waals surface area contributed by atoms with Crippen molar-refractivity contribution >= 4 is 11.3 Å². The fourth-order valence-corrected chi connectivity index (χ4v) is 3.18. The van der Waals surface area contributed by atoms with Gasteiger partial charge in [-0.25, -0.2) is 4.39 Å². The molecule has 0 unspecified atom stereocenters. The molecule has 0 atom stereocenters. The summed E-state index contributed by atoms with van der Waals surface area (Å²) < 4.78 is 13.1. The van der Waals surface area contributed by atoms with Gasteiger partial charge in [0.1, 0.15) is 11.3 Å². The summed E-state index contributed by atoms with van der Waals surface area (Å²) in [6.07, 6.45) is 5.57. The highest BCUT2D eigenvalue weighted by atomic mass is 32.1. The van der Waals surface area contributed by atoms with Crippen molar-refractivity contribution in [3.8, 4) is 34.0 Å². The quantitative estimate of drug-likeness (QED) is 0.662. The van der Waals surface area contributed by atoms with Crippen molar-refractivity contribution in [3.05, 3.63) is 64.2 Å². The van der Waals surface area contributed by atoms with Gasteiger partial charge in [-0.05, 0) is 55.0 Å². The van der Waals surface area contributed by atoms with Gasteiger partial charge >= 0.3 is 0 Å². The van der Waals surface area contributed by atoms with Crippen LogP contribution in [0.3, 0.4) is 0 Å². The Morgan fingerprint density at radius 1 is 1.18 bits per heavy atom. The number of aromatic amines is 1. The van der Waals surface area contributed by atoms with Gasteiger partial charge in [-0.3, -0.25) is 5.41 Å². The van der Waals surface area contributed by atoms with Crippen LogP contribution in [0.5, 0.6) is 0 Å². The fourth-order valence-electron chi connectivity index (χ4n) is 2.29. The average Bonchev–Trinajstić information content (AvgIpc) is 2.93. The van der Waals surface area contributed by atoms with Gasteiger partial charge in [-0.1, -0.05) is 5.92 Å². The number of hydrogen-bond acceptors (Lipinski definition) is 2. The van der Waals surface area contributed by atoms with Gasteiger partial charge in [-0.15, -0.1) is 17.8 Å². The highest BCUT2D eigenvalue weighted by molar-refractivity contribution is 7.15. The average molecular weight is 308 g/mol. The van der Waals surface area contributed by atoms with Gasteiger partial charge < -0.3 is 4.98 Å². The van der Waals surface area contributed by atoms with Crippen LogP contribution in [0.2, 0.25) is 0 Å². The molecule has 0 aliphatic heterocycles. The second kappa shape index (κ2) is 5.63. The van der Waals surface area contributed by atoms with Crippen molar-refractivity contribution in [1.82, 2.24) is 4.98 Å². The van der Waals surface area contributed by atoms with Crippen LogP contribution in [0, 0.1) is 30.5 Å². The van der Waals surface area contributed by atoms with Crippen molar-refractivity contribution in [2.45, 2.75) is 6.92 Å². The molecule has 2 aromatic heterocycles. The van der Waals surface area contributed by atoms with Crippen LogP contribution >= 0.6 is 11.3 Å². The highest BCUT2D eigenvalue weighted by Gasteiger charge is 2.11. The molecule has 0 saturated carbocycles. The summed E-state index contributed by atoms with van der Waals surface area (Å²) in [5, 5.41) is 8.13. The van der Waals surface area contributed by atoms with Crippen LogP contribution in [0.25, 0.3) is 21.7 Å². The van der Waals surface area contributed by atoms with Crippen LogP contribution in [-0.2, 0) is 0 Å². The summed E-state index contributed by atoms with van der Waals surface area (Å²) in [5.41, 5.74) is 3.12. The largest absolute Gasteiger partial charge is 0.339 e. The third-order valence-corrected chi connectivity index (χ3v) is 4.41. The van der Waals surface area contributed by atoms with E-state index in [1.165, 1.54) is 17.0 Å². The lowest BCUT2D eigenvalue weighted by Gasteiger charge is -2.08. The van der Waals surface area contributed by atoms with Gasteiger partial charge in [0.05, 0.1) is 5.56 Å². The Kier molecular flexibility index (Phi) is 3.66. The van der Waals surface area contributed by atoms with Crippen molar-refractivity contribution < 1.29 is 4.39 Å². The van der Waals surface area contributed by atoms with Crippen molar-refractivity contribution in [1.29, 1.82) is 5.41 Å². The molecule has 0 aliphatic carbocycles. The van der Waals surface area contributed by atoms with Crippen LogP contribution < -0.4 is 5.49 Å². The number of hydrogen-bond donors (Lipinski definition) is 2. The second-order valence-corrected chi connectivity index (χ2v) is 6.20. The maximum atomic E-state index is 13.1. The Morgan fingerprint density at radius 3 is 2.50 bits per heavy atom. The lowest BCUT2D eigenvalue weighted by atomic mass is 10.0. The molecule has 0 bridgehead atoms. The number of rotatable bonds is 2. The number of aryl methyl sites for hydroxylation is 1. The molecule has 4 heteroatoms. The zero-order chi connectivity index (χ0) is 15.7. The van der Waals surface area contributed by atoms with Gasteiger partial charge in [-0.2, -0.15) is 0 Å². The van der Waals surface area contributed by atoms with Gasteiger partial charge in [0, 0.05) is 21.0 Å². The Hall–Kier alpha value is -2.64. The third kappa shape index (κ3) is 2.59. The SMILES string of the molecule is C#Cc1c(-c2ccc(C)s2)cc(-c2ccc(F)cc2)[nH]c1=N. The Morgan fingerprint density at radius 2 is 1.91 bits per heavy atom. The molecule has 0 saturated heterocycles. The van der Waals surface area contributed by atoms with Crippen molar-refractivity contribution in [2.75, 3.05) is 0 Å². The summed E-state index contributed by atoms with van der Waals surface area (Å²) in [5.74, 6) is 2.30. The molecule has 108 valence electrons. The first-order valence-electron chi connectivity index (χ1n) is 6.70. The molecule has 1 aromatic carbocycles. The first-order valence-corrected chi connectivity index (χ1v) is 7.51. The first-order chi connectivity index (χ1) is 10.6. The molecular formula is C18H13FN2S. The van der Waals surface area contributed by atoms with E-state index in [4.69, 9.17) is 11.8 Å². The summed E-state index contributed by atoms with van der Waals surface area (Å²) in [7, 11) is 0. The fraction of sp³-hybridized carbons (Fsp3) is 0.0556. The Balaban J connectivity index is 2.23. The van der Waals surface area contributed by atoms with E-state index in [9.17, 15) is 4.39 Å². The maximum Gasteiger partial charge on any atom is 0.139 e. The lowest BCUT2D eigenvalue weighted by molar-refractivity contribution is 0.628. The number of nitrogens with one attached hydrogen (secondary N) is 2. The zero-order valence-corrected chi connectivity index (χ0v) is 12.7. The highest BCUT2D eigenvalue weighted by Crippen LogP contribution is 2.31. The van der Waals surface area contributed by atoms with E-state index in [2.05, 4.69) is 10.9 Å². The number of halogens is 1. The standard InChI is InChI=1S/C18H13FN2S/c1-3-14-15(17-9-4-11(2)22-17)10-16(21-18(14)20)12-5-7-13(19)8-6-12/h1,4-10H,2H3,(H2,20,21). The van der Waals surface area contributed by atoms with E-state index >= 15 is 0 Å². The molecule has 22 heavy (non-hydrogen) atoms. The zero-order valence-electron chi connectivity index (χ0n) is 11.9. The third-order valence-electron chi connectivity index (χ3n) is 3.37. The summed E-state index contributed by atoms with van der Waals surface area (Å²) in [6, 6.07) is 12.1. The number of terminal acetylenes is 1.